The van der Waals surface area contributed by atoms with Crippen molar-refractivity contribution in [1.29, 1.82) is 0 Å². The molecule has 6 heteroatoms. The zero-order chi connectivity index (χ0) is 11.8. The third-order valence-corrected chi connectivity index (χ3v) is 5.19. The van der Waals surface area contributed by atoms with Gasteiger partial charge in [-0.15, -0.1) is 22.7 Å². The van der Waals surface area contributed by atoms with Gasteiger partial charge in [-0.05, 0) is 18.9 Å². The van der Waals surface area contributed by atoms with Crippen molar-refractivity contribution in [3.63, 3.8) is 0 Å². The SMILES string of the molecule is Clc1cc(-c2csc(N3CCCC3)n2)c(Cl)s1. The fourth-order valence-electron chi connectivity index (χ4n) is 1.96. The number of hydrogen-bond donors (Lipinski definition) is 0. The number of halogens is 2. The zero-order valence-corrected chi connectivity index (χ0v) is 12.1. The van der Waals surface area contributed by atoms with Crippen LogP contribution in [0.1, 0.15) is 12.8 Å². The number of nitrogens with zero attached hydrogens (tertiary/aromatic N) is 2. The van der Waals surface area contributed by atoms with Gasteiger partial charge in [0.15, 0.2) is 5.13 Å². The number of rotatable bonds is 2. The average Bonchev–Trinajstić information content (AvgIpc) is 2.97. The third-order valence-electron chi connectivity index (χ3n) is 2.80. The van der Waals surface area contributed by atoms with Crippen LogP contribution in [0, 0.1) is 0 Å². The van der Waals surface area contributed by atoms with Crippen molar-refractivity contribution in [3.8, 4) is 11.3 Å². The summed E-state index contributed by atoms with van der Waals surface area (Å²) in [6, 6.07) is 1.89. The van der Waals surface area contributed by atoms with Crippen LogP contribution in [0.4, 0.5) is 5.13 Å². The predicted molar refractivity (Wildman–Crippen MR) is 76.9 cm³/mol. The monoisotopic (exact) mass is 304 g/mol. The van der Waals surface area contributed by atoms with Crippen LogP contribution in [-0.4, -0.2) is 18.1 Å². The van der Waals surface area contributed by atoms with Gasteiger partial charge in [0.2, 0.25) is 0 Å². The molecule has 3 heterocycles. The first-order valence-electron chi connectivity index (χ1n) is 5.40. The molecule has 17 heavy (non-hydrogen) atoms. The van der Waals surface area contributed by atoms with Gasteiger partial charge in [0.25, 0.3) is 0 Å². The maximum Gasteiger partial charge on any atom is 0.185 e. The van der Waals surface area contributed by atoms with Crippen molar-refractivity contribution in [2.75, 3.05) is 18.0 Å². The standard InChI is InChI=1S/C11H10Cl2N2S2/c12-9-5-7(10(13)17-9)8-6-16-11(14-8)15-3-1-2-4-15/h5-6H,1-4H2. The molecule has 0 N–H and O–H groups in total. The van der Waals surface area contributed by atoms with E-state index in [1.807, 2.05) is 6.07 Å². The number of hydrogen-bond acceptors (Lipinski definition) is 4. The molecule has 90 valence electrons. The van der Waals surface area contributed by atoms with Crippen molar-refractivity contribution >= 4 is 51.0 Å². The summed E-state index contributed by atoms with van der Waals surface area (Å²) in [6.07, 6.45) is 2.53. The normalized spacial score (nSPS) is 15.8. The van der Waals surface area contributed by atoms with Gasteiger partial charge in [0.05, 0.1) is 10.0 Å². The van der Waals surface area contributed by atoms with Crippen LogP contribution >= 0.6 is 45.9 Å². The van der Waals surface area contributed by atoms with E-state index in [4.69, 9.17) is 23.2 Å². The van der Waals surface area contributed by atoms with Crippen molar-refractivity contribution in [2.24, 2.45) is 0 Å². The van der Waals surface area contributed by atoms with E-state index in [0.29, 0.717) is 8.67 Å². The first kappa shape index (κ1) is 11.8. The van der Waals surface area contributed by atoms with E-state index in [0.717, 1.165) is 29.5 Å². The van der Waals surface area contributed by atoms with Crippen LogP contribution in [0.25, 0.3) is 11.3 Å². The molecular weight excluding hydrogens is 295 g/mol. The third kappa shape index (κ3) is 2.32. The van der Waals surface area contributed by atoms with Gasteiger partial charge in [-0.2, -0.15) is 0 Å². The van der Waals surface area contributed by atoms with E-state index in [2.05, 4.69) is 15.3 Å². The van der Waals surface area contributed by atoms with Gasteiger partial charge < -0.3 is 4.90 Å². The highest BCUT2D eigenvalue weighted by Crippen LogP contribution is 2.39. The minimum atomic E-state index is 0.709. The Hall–Kier alpha value is -0.290. The van der Waals surface area contributed by atoms with Gasteiger partial charge in [-0.25, -0.2) is 4.98 Å². The fourth-order valence-corrected chi connectivity index (χ4v) is 4.32. The lowest BCUT2D eigenvalue weighted by molar-refractivity contribution is 0.949. The van der Waals surface area contributed by atoms with Crippen LogP contribution in [0.2, 0.25) is 8.67 Å². The molecule has 1 fully saturated rings. The molecule has 0 bridgehead atoms. The molecule has 0 saturated carbocycles. The Balaban J connectivity index is 1.91. The molecule has 0 atom stereocenters. The van der Waals surface area contributed by atoms with Crippen molar-refractivity contribution in [2.45, 2.75) is 12.8 Å². The van der Waals surface area contributed by atoms with Crippen LogP contribution in [0.15, 0.2) is 11.4 Å². The number of thiazole rings is 1. The second-order valence-corrected chi connectivity index (χ2v) is 7.07. The Morgan fingerprint density at radius 3 is 2.65 bits per heavy atom. The molecule has 0 amide bonds. The van der Waals surface area contributed by atoms with Crippen LogP contribution in [-0.2, 0) is 0 Å². The minimum absolute atomic E-state index is 0.709. The van der Waals surface area contributed by atoms with Gasteiger partial charge in [0, 0.05) is 24.0 Å². The summed E-state index contributed by atoms with van der Waals surface area (Å²) in [5, 5.41) is 3.15. The van der Waals surface area contributed by atoms with Gasteiger partial charge in [0.1, 0.15) is 4.34 Å². The molecule has 2 aromatic heterocycles. The quantitative estimate of drug-likeness (QED) is 0.794. The lowest BCUT2D eigenvalue weighted by Crippen LogP contribution is -2.17. The lowest BCUT2D eigenvalue weighted by atomic mass is 10.3. The van der Waals surface area contributed by atoms with Crippen molar-refractivity contribution < 1.29 is 0 Å². The van der Waals surface area contributed by atoms with E-state index in [9.17, 15) is 0 Å². The Labute approximate surface area is 118 Å². The van der Waals surface area contributed by atoms with E-state index in [-0.39, 0.29) is 0 Å². The molecule has 1 aliphatic heterocycles. The van der Waals surface area contributed by atoms with E-state index in [1.165, 1.54) is 24.2 Å². The largest absolute Gasteiger partial charge is 0.348 e. The average molecular weight is 305 g/mol. The predicted octanol–water partition coefficient (Wildman–Crippen LogP) is 4.78. The van der Waals surface area contributed by atoms with E-state index >= 15 is 0 Å². The summed E-state index contributed by atoms with van der Waals surface area (Å²) < 4.78 is 1.42. The molecule has 1 saturated heterocycles. The maximum atomic E-state index is 6.13. The summed E-state index contributed by atoms with van der Waals surface area (Å²) in [5.74, 6) is 0. The molecule has 2 nitrogen and oxygen atoms in total. The zero-order valence-electron chi connectivity index (χ0n) is 8.95. The highest BCUT2D eigenvalue weighted by atomic mass is 35.5. The second kappa shape index (κ2) is 4.76. The molecule has 0 aromatic carbocycles. The number of aromatic nitrogens is 1. The van der Waals surface area contributed by atoms with E-state index < -0.39 is 0 Å². The smallest absolute Gasteiger partial charge is 0.185 e. The molecule has 3 rings (SSSR count). The van der Waals surface area contributed by atoms with Crippen LogP contribution < -0.4 is 4.90 Å². The summed E-state index contributed by atoms with van der Waals surface area (Å²) in [6.45, 7) is 2.23. The van der Waals surface area contributed by atoms with Crippen molar-refractivity contribution in [3.05, 3.63) is 20.1 Å². The first-order valence-corrected chi connectivity index (χ1v) is 7.85. The Bertz CT molecular complexity index is 529. The first-order chi connectivity index (χ1) is 8.24. The molecule has 0 unspecified atom stereocenters. The molecule has 0 aliphatic carbocycles. The van der Waals surface area contributed by atoms with Crippen molar-refractivity contribution in [1.82, 2.24) is 4.98 Å². The van der Waals surface area contributed by atoms with E-state index in [1.54, 1.807) is 11.3 Å². The van der Waals surface area contributed by atoms with Gasteiger partial charge >= 0.3 is 0 Å². The highest BCUT2D eigenvalue weighted by Gasteiger charge is 2.17. The number of anilines is 1. The Morgan fingerprint density at radius 2 is 2.00 bits per heavy atom. The maximum absolute atomic E-state index is 6.13. The Kier molecular flexibility index (Phi) is 3.30. The summed E-state index contributed by atoms with van der Waals surface area (Å²) in [5.41, 5.74) is 1.88. The fraction of sp³-hybridized carbons (Fsp3) is 0.364. The molecule has 2 aromatic rings. The van der Waals surface area contributed by atoms with Gasteiger partial charge in [-0.1, -0.05) is 23.2 Å². The minimum Gasteiger partial charge on any atom is -0.348 e. The summed E-state index contributed by atoms with van der Waals surface area (Å²) >= 11 is 15.1. The molecule has 0 radical (unpaired) electrons. The lowest BCUT2D eigenvalue weighted by Gasteiger charge is -2.12. The Morgan fingerprint density at radius 1 is 1.24 bits per heavy atom. The van der Waals surface area contributed by atoms with Crippen LogP contribution in [0.5, 0.6) is 0 Å². The topological polar surface area (TPSA) is 16.1 Å². The summed E-state index contributed by atoms with van der Waals surface area (Å²) in [4.78, 5) is 6.97. The molecular formula is C11H10Cl2N2S2. The van der Waals surface area contributed by atoms with Crippen LogP contribution in [0.3, 0.4) is 0 Å². The highest BCUT2D eigenvalue weighted by molar-refractivity contribution is 7.20. The second-order valence-electron chi connectivity index (χ2n) is 3.95. The molecule has 0 spiro atoms. The van der Waals surface area contributed by atoms with Gasteiger partial charge in [-0.3, -0.25) is 0 Å². The molecule has 1 aliphatic rings. The number of thiophene rings is 1. The summed E-state index contributed by atoms with van der Waals surface area (Å²) in [7, 11) is 0.